The van der Waals surface area contributed by atoms with Crippen LogP contribution in [0.5, 0.6) is 5.75 Å². The van der Waals surface area contributed by atoms with Crippen LogP contribution >= 0.6 is 8.53 Å². The normalized spacial score (nSPS) is 26.3. The van der Waals surface area contributed by atoms with Gasteiger partial charge in [0.1, 0.15) is 53.5 Å². The summed E-state index contributed by atoms with van der Waals surface area (Å²) in [4.78, 5) is 26.8. The molecular formula is C81H117F2N4O9PSi. The van der Waals surface area contributed by atoms with Crippen LogP contribution < -0.4 is 15.4 Å². The molecule has 4 fully saturated rings. The van der Waals surface area contributed by atoms with Gasteiger partial charge in [0.25, 0.3) is 8.53 Å². The molecular weight excluding hydrogens is 1270 g/mol. The number of ether oxygens (including phenoxy) is 4. The Balaban J connectivity index is 0.863. The van der Waals surface area contributed by atoms with Crippen molar-refractivity contribution in [3.63, 3.8) is 0 Å². The quantitative estimate of drug-likeness (QED) is 0.0158. The largest absolute Gasteiger partial charge is 0.497 e. The van der Waals surface area contributed by atoms with Crippen LogP contribution in [0.1, 0.15) is 220 Å². The van der Waals surface area contributed by atoms with E-state index >= 15 is 8.78 Å². The summed E-state index contributed by atoms with van der Waals surface area (Å²) in [6.45, 7) is 31.5. The number of unbranched alkanes of at least 4 members (excludes halogenated alkanes) is 2. The summed E-state index contributed by atoms with van der Waals surface area (Å²) in [6, 6.07) is 32.1. The molecule has 0 bridgehead atoms. The number of fused-ring (bicyclic) bond motifs is 5. The van der Waals surface area contributed by atoms with E-state index in [0.29, 0.717) is 42.9 Å². The number of rotatable bonds is 32. The minimum absolute atomic E-state index is 0.0427. The molecule has 3 saturated carbocycles. The third-order valence-electron chi connectivity index (χ3n) is 23.6. The van der Waals surface area contributed by atoms with Gasteiger partial charge in [-0.25, -0.2) is 18.2 Å². The van der Waals surface area contributed by atoms with E-state index in [4.69, 9.17) is 32.4 Å². The van der Waals surface area contributed by atoms with Gasteiger partial charge in [0.2, 0.25) is 5.91 Å². The van der Waals surface area contributed by atoms with Crippen LogP contribution in [0.3, 0.4) is 0 Å². The fourth-order valence-corrected chi connectivity index (χ4v) is 20.4. The zero-order chi connectivity index (χ0) is 70.7. The first-order valence-corrected chi connectivity index (χ1v) is 41.1. The van der Waals surface area contributed by atoms with Gasteiger partial charge in [-0.05, 0) is 185 Å². The number of alkyl carbamates (subject to hydrolysis) is 1. The number of carbonyl (C=O) groups is 2. The summed E-state index contributed by atoms with van der Waals surface area (Å²) in [7, 11) is -3.12. The molecule has 2 N–H and O–H groups in total. The molecule has 4 aromatic rings. The molecule has 17 heteroatoms. The van der Waals surface area contributed by atoms with Crippen LogP contribution in [0.15, 0.2) is 109 Å². The van der Waals surface area contributed by atoms with Crippen molar-refractivity contribution in [3.8, 4) is 11.8 Å². The van der Waals surface area contributed by atoms with Crippen molar-refractivity contribution in [2.24, 2.45) is 46.3 Å². The van der Waals surface area contributed by atoms with Gasteiger partial charge in [-0.3, -0.25) is 4.79 Å². The summed E-state index contributed by atoms with van der Waals surface area (Å²) in [5, 5.41) is 15.3. The maximum absolute atomic E-state index is 17.1. The highest BCUT2D eigenvalue weighted by Gasteiger charge is 2.60. The van der Waals surface area contributed by atoms with Crippen LogP contribution in [-0.2, 0) is 44.6 Å². The summed E-state index contributed by atoms with van der Waals surface area (Å²) in [5.74, 6) is 3.40. The highest BCUT2D eigenvalue weighted by atomic mass is 31.2. The topological polar surface area (TPSA) is 150 Å². The van der Waals surface area contributed by atoms with Gasteiger partial charge in [-0.15, -0.1) is 0 Å². The van der Waals surface area contributed by atoms with Gasteiger partial charge in [0.05, 0.1) is 32.8 Å². The molecule has 13 atom stereocenters. The molecule has 1 saturated heterocycles. The Labute approximate surface area is 589 Å². The number of nitriles is 1. The SMILES string of the molecule is COc1ccc(C(OC[C@H]2O[C@@H](c3cc(CNC(=O)CCCCCNC(=O)O[C@H]4CC[C@@]5(C)C(=CCC6[C@@H]7CC[C@H]([C@H](C)CCCC(C)C)[C@@]7(C)CC[C@@H]65)C4)c(F)cc3F)[C@H](O[Si](C)(C)C(C)(C)C)[C@@H]2OP(OCCC#N)N(C(C)C)C(C)C)(c2ccccc2)c2ccccc2)cc1. The number of hydrogen-bond acceptors (Lipinski definition) is 11. The van der Waals surface area contributed by atoms with Gasteiger partial charge < -0.3 is 43.1 Å². The Kier molecular flexibility index (Phi) is 26.6. The summed E-state index contributed by atoms with van der Waals surface area (Å²) in [6.07, 6.45) is 13.5. The van der Waals surface area contributed by atoms with E-state index in [1.54, 1.807) is 7.11 Å². The molecule has 1 heterocycles. The number of nitrogens with zero attached hydrogens (tertiary/aromatic N) is 2. The van der Waals surface area contributed by atoms with Crippen LogP contribution in [0, 0.1) is 69.3 Å². The molecule has 538 valence electrons. The number of allylic oxidation sites excluding steroid dienone is 1. The van der Waals surface area contributed by atoms with Crippen molar-refractivity contribution in [1.82, 2.24) is 15.3 Å². The zero-order valence-corrected chi connectivity index (χ0v) is 63.6. The Bertz CT molecular complexity index is 3260. The number of methoxy groups -OCH3 is 1. The smallest absolute Gasteiger partial charge is 0.407 e. The number of benzene rings is 4. The molecule has 5 aliphatic rings. The first kappa shape index (κ1) is 77.1. The van der Waals surface area contributed by atoms with Crippen molar-refractivity contribution in [1.29, 1.82) is 5.26 Å². The van der Waals surface area contributed by atoms with Crippen LogP contribution in [-0.4, -0.2) is 88.4 Å². The predicted molar refractivity (Wildman–Crippen MR) is 389 cm³/mol. The van der Waals surface area contributed by atoms with Crippen molar-refractivity contribution in [3.05, 3.63) is 148 Å². The number of nitrogens with one attached hydrogen (secondary N) is 2. The Morgan fingerprint density at radius 2 is 1.47 bits per heavy atom. The van der Waals surface area contributed by atoms with Gasteiger partial charge in [0.15, 0.2) is 8.32 Å². The number of carbonyl (C=O) groups excluding carboxylic acids is 2. The highest BCUT2D eigenvalue weighted by molar-refractivity contribution is 7.44. The zero-order valence-electron chi connectivity index (χ0n) is 61.7. The minimum Gasteiger partial charge on any atom is -0.497 e. The molecule has 0 aromatic heterocycles. The molecule has 98 heavy (non-hydrogen) atoms. The predicted octanol–water partition coefficient (Wildman–Crippen LogP) is 19.8. The lowest BCUT2D eigenvalue weighted by Gasteiger charge is -2.58. The lowest BCUT2D eigenvalue weighted by Crippen LogP contribution is -2.51. The molecule has 2 unspecified atom stereocenters. The molecule has 9 rings (SSSR count). The number of hydrogen-bond donors (Lipinski definition) is 2. The summed E-state index contributed by atoms with van der Waals surface area (Å²) in [5.41, 5.74) is 3.50. The monoisotopic (exact) mass is 1390 g/mol. The second-order valence-electron chi connectivity index (χ2n) is 32.0. The van der Waals surface area contributed by atoms with Crippen molar-refractivity contribution >= 4 is 28.8 Å². The van der Waals surface area contributed by atoms with Crippen molar-refractivity contribution < 1.29 is 50.8 Å². The minimum atomic E-state index is -2.81. The van der Waals surface area contributed by atoms with E-state index < -0.39 is 58.5 Å². The summed E-state index contributed by atoms with van der Waals surface area (Å²) >= 11 is 0. The van der Waals surface area contributed by atoms with Crippen molar-refractivity contribution in [2.45, 2.75) is 259 Å². The van der Waals surface area contributed by atoms with Crippen LogP contribution in [0.2, 0.25) is 18.1 Å². The highest BCUT2D eigenvalue weighted by Crippen LogP contribution is 2.68. The maximum Gasteiger partial charge on any atom is 0.407 e. The van der Waals surface area contributed by atoms with Gasteiger partial charge in [-0.2, -0.15) is 5.26 Å². The molecule has 13 nitrogen and oxygen atoms in total. The average molecular weight is 1390 g/mol. The third-order valence-corrected chi connectivity index (χ3v) is 30.2. The molecule has 4 aromatic carbocycles. The van der Waals surface area contributed by atoms with E-state index in [9.17, 15) is 14.9 Å². The van der Waals surface area contributed by atoms with E-state index in [-0.39, 0.29) is 84.4 Å². The van der Waals surface area contributed by atoms with E-state index in [2.05, 4.69) is 124 Å². The fraction of sp³-hybridized carbons (Fsp3) is 0.642. The Hall–Kier alpha value is -5.08. The van der Waals surface area contributed by atoms with E-state index in [0.717, 1.165) is 78.0 Å². The van der Waals surface area contributed by atoms with Gasteiger partial charge in [0, 0.05) is 55.2 Å². The van der Waals surface area contributed by atoms with Crippen molar-refractivity contribution in [2.75, 3.05) is 26.9 Å². The molecule has 2 amide bonds. The van der Waals surface area contributed by atoms with Crippen LogP contribution in [0.4, 0.5) is 13.6 Å². The first-order valence-electron chi connectivity index (χ1n) is 37.0. The van der Waals surface area contributed by atoms with Crippen LogP contribution in [0.25, 0.3) is 0 Å². The molecule has 1 aliphatic heterocycles. The second kappa shape index (κ2) is 33.8. The van der Waals surface area contributed by atoms with E-state index in [1.165, 1.54) is 56.6 Å². The molecule has 0 spiro atoms. The first-order chi connectivity index (χ1) is 46.6. The van der Waals surface area contributed by atoms with E-state index in [1.807, 2.05) is 84.9 Å². The second-order valence-corrected chi connectivity index (χ2v) is 38.2. The third kappa shape index (κ3) is 17.7. The lowest BCUT2D eigenvalue weighted by atomic mass is 9.47. The number of amides is 2. The average Bonchev–Trinajstić information content (AvgIpc) is 1.35. The fourth-order valence-electron chi connectivity index (χ4n) is 17.4. The molecule has 0 radical (unpaired) electrons. The Morgan fingerprint density at radius 1 is 0.796 bits per heavy atom. The Morgan fingerprint density at radius 3 is 2.10 bits per heavy atom. The molecule has 4 aliphatic carbocycles. The summed E-state index contributed by atoms with van der Waals surface area (Å²) < 4.78 is 83.4. The lowest BCUT2D eigenvalue weighted by molar-refractivity contribution is -0.121. The van der Waals surface area contributed by atoms with Gasteiger partial charge in [-0.1, -0.05) is 166 Å². The number of halogens is 2. The standard InChI is InChI=1S/C81H117F2N4O9PSi/c1-54(2)27-25-28-57(7)67-40-41-68-65-39-36-62-50-64(42-44-79(62,11)69(65)43-45-80(67,68)12)93-77(89)85-47-24-18-23-33-73(88)86-52-58-49-66(71(83)51-70(58)82)74-76(96-98(14,15)78(8,9)10)75(95-97(92-48-26-46-84)87(55(3)4)56(5)6)72(94-74)53-91-81(59-29-19-16-20-30-59,60-31-21-17-22-32-60)61-34-37-63(90-13)38-35-61/h16-17,19-22,29-32,34-38,49,51,54-57,64-65,67-69,72,74-76H,18,23-28,33,39-45,47-48,50,52-53H2,1-15H3,(H,85,89)(H,86,88)/t57-,64+,65?,67-,68+,69+,72-,74+,75-,76+,79+,80-,97?/m1/s1. The van der Waals surface area contributed by atoms with Gasteiger partial charge >= 0.3 is 6.09 Å². The maximum atomic E-state index is 17.1.